The number of phenolic OH excluding ortho intramolecular Hbond substituents is 1. The molecule has 1 aromatic carbocycles. The second-order valence-electron chi connectivity index (χ2n) is 8.27. The number of carbonyl (C=O) groups excluding carboxylic acids is 1. The van der Waals surface area contributed by atoms with Gasteiger partial charge in [-0.15, -0.1) is 5.10 Å². The zero-order valence-corrected chi connectivity index (χ0v) is 17.6. The average molecular weight is 414 g/mol. The van der Waals surface area contributed by atoms with Gasteiger partial charge in [0.05, 0.1) is 18.8 Å². The Labute approximate surface area is 177 Å². The lowest BCUT2D eigenvalue weighted by Gasteiger charge is -2.32. The lowest BCUT2D eigenvalue weighted by Crippen LogP contribution is -2.36. The molecule has 1 unspecified atom stereocenters. The zero-order valence-electron chi connectivity index (χ0n) is 17.6. The van der Waals surface area contributed by atoms with E-state index in [1.54, 1.807) is 12.3 Å². The summed E-state index contributed by atoms with van der Waals surface area (Å²) in [6.07, 6.45) is 8.25. The van der Waals surface area contributed by atoms with Crippen molar-refractivity contribution in [3.05, 3.63) is 35.7 Å². The molecule has 162 valence electrons. The third kappa shape index (κ3) is 4.75. The summed E-state index contributed by atoms with van der Waals surface area (Å²) in [5, 5.41) is 21.9. The zero-order chi connectivity index (χ0) is 20.9. The van der Waals surface area contributed by atoms with Gasteiger partial charge in [0.25, 0.3) is 5.91 Å². The van der Waals surface area contributed by atoms with Crippen LogP contribution in [0.15, 0.2) is 24.4 Å². The van der Waals surface area contributed by atoms with E-state index in [9.17, 15) is 9.90 Å². The Kier molecular flexibility index (Phi) is 6.52. The van der Waals surface area contributed by atoms with Gasteiger partial charge in [0.2, 0.25) is 0 Å². The van der Waals surface area contributed by atoms with E-state index in [1.807, 2.05) is 23.7 Å². The smallest absolute Gasteiger partial charge is 0.273 e. The van der Waals surface area contributed by atoms with Crippen molar-refractivity contribution in [2.75, 3.05) is 19.7 Å². The molecule has 1 saturated carbocycles. The molecule has 2 N–H and O–H groups in total. The molecule has 2 aromatic rings. The summed E-state index contributed by atoms with van der Waals surface area (Å²) in [6.45, 7) is 4.82. The van der Waals surface area contributed by atoms with Crippen molar-refractivity contribution in [2.45, 2.75) is 64.1 Å². The Balaban J connectivity index is 1.38. The van der Waals surface area contributed by atoms with Gasteiger partial charge in [-0.3, -0.25) is 9.69 Å². The average Bonchev–Trinajstić information content (AvgIpc) is 3.44. The minimum Gasteiger partial charge on any atom is -0.504 e. The van der Waals surface area contributed by atoms with Crippen molar-refractivity contribution >= 4 is 5.91 Å². The third-order valence-corrected chi connectivity index (χ3v) is 6.06. The minimum atomic E-state index is -0.126. The molecular formula is C22H31N5O3. The van der Waals surface area contributed by atoms with Crippen molar-refractivity contribution in [1.29, 1.82) is 0 Å². The normalized spacial score (nSPS) is 20.4. The highest BCUT2D eigenvalue weighted by Crippen LogP contribution is 2.32. The lowest BCUT2D eigenvalue weighted by atomic mass is 10.0. The fourth-order valence-corrected chi connectivity index (χ4v) is 4.49. The molecule has 1 saturated heterocycles. The number of rotatable bonds is 7. The summed E-state index contributed by atoms with van der Waals surface area (Å²) in [5.41, 5.74) is 1.25. The SMILES string of the molecule is CCOc1cccc(CN2CCCC(n3cc(C(=O)NC4CCCC4)nn3)C2)c1O. The lowest BCUT2D eigenvalue weighted by molar-refractivity contribution is 0.0932. The van der Waals surface area contributed by atoms with Crippen molar-refractivity contribution in [3.63, 3.8) is 0 Å². The van der Waals surface area contributed by atoms with Gasteiger partial charge in [-0.1, -0.05) is 30.2 Å². The maximum Gasteiger partial charge on any atom is 0.273 e. The predicted octanol–water partition coefficient (Wildman–Crippen LogP) is 2.89. The number of hydrogen-bond acceptors (Lipinski definition) is 6. The molecule has 4 rings (SSSR count). The number of aromatic hydroxyl groups is 1. The molecule has 1 aliphatic heterocycles. The quantitative estimate of drug-likeness (QED) is 0.725. The molecule has 0 spiro atoms. The summed E-state index contributed by atoms with van der Waals surface area (Å²) < 4.78 is 7.33. The van der Waals surface area contributed by atoms with E-state index in [0.29, 0.717) is 24.6 Å². The second-order valence-corrected chi connectivity index (χ2v) is 8.27. The minimum absolute atomic E-state index is 0.126. The molecule has 1 atom stereocenters. The third-order valence-electron chi connectivity index (χ3n) is 6.06. The summed E-state index contributed by atoms with van der Waals surface area (Å²) in [7, 11) is 0. The van der Waals surface area contributed by atoms with Crippen LogP contribution in [-0.4, -0.2) is 56.6 Å². The monoisotopic (exact) mass is 413 g/mol. The largest absolute Gasteiger partial charge is 0.504 e. The number of benzene rings is 1. The molecule has 1 aromatic heterocycles. The van der Waals surface area contributed by atoms with Crippen LogP contribution in [0.5, 0.6) is 11.5 Å². The van der Waals surface area contributed by atoms with E-state index in [1.165, 1.54) is 12.8 Å². The van der Waals surface area contributed by atoms with Gasteiger partial charge in [-0.05, 0) is 45.2 Å². The van der Waals surface area contributed by atoms with Gasteiger partial charge in [0, 0.05) is 24.7 Å². The first-order chi connectivity index (χ1) is 14.6. The number of phenols is 1. The van der Waals surface area contributed by atoms with E-state index in [0.717, 1.165) is 44.3 Å². The molecule has 2 heterocycles. The Morgan fingerprint density at radius 3 is 2.90 bits per heavy atom. The molecule has 1 amide bonds. The first-order valence-corrected chi connectivity index (χ1v) is 11.0. The summed E-state index contributed by atoms with van der Waals surface area (Å²) >= 11 is 0. The number of hydrogen-bond donors (Lipinski definition) is 2. The maximum atomic E-state index is 12.4. The molecule has 2 aliphatic rings. The number of nitrogens with zero attached hydrogens (tertiary/aromatic N) is 4. The Bertz CT molecular complexity index is 862. The highest BCUT2D eigenvalue weighted by molar-refractivity contribution is 5.92. The maximum absolute atomic E-state index is 12.4. The van der Waals surface area contributed by atoms with Gasteiger partial charge in [-0.2, -0.15) is 0 Å². The highest BCUT2D eigenvalue weighted by atomic mass is 16.5. The van der Waals surface area contributed by atoms with Crippen LogP contribution in [0.4, 0.5) is 0 Å². The number of para-hydroxylation sites is 1. The topological polar surface area (TPSA) is 92.5 Å². The first kappa shape index (κ1) is 20.7. The number of likely N-dealkylation sites (tertiary alicyclic amines) is 1. The van der Waals surface area contributed by atoms with Gasteiger partial charge in [0.1, 0.15) is 0 Å². The van der Waals surface area contributed by atoms with Crippen LogP contribution in [0.25, 0.3) is 0 Å². The fraction of sp³-hybridized carbons (Fsp3) is 0.591. The number of piperidine rings is 1. The summed E-state index contributed by atoms with van der Waals surface area (Å²) in [5.74, 6) is 0.615. The molecule has 0 radical (unpaired) electrons. The second kappa shape index (κ2) is 9.47. The number of ether oxygens (including phenoxy) is 1. The van der Waals surface area contributed by atoms with E-state index in [2.05, 4.69) is 20.5 Å². The van der Waals surface area contributed by atoms with Gasteiger partial charge in [0.15, 0.2) is 17.2 Å². The molecule has 1 aliphatic carbocycles. The van der Waals surface area contributed by atoms with Crippen LogP contribution in [0.1, 0.15) is 67.5 Å². The van der Waals surface area contributed by atoms with E-state index in [4.69, 9.17) is 4.74 Å². The van der Waals surface area contributed by atoms with E-state index < -0.39 is 0 Å². The standard InChI is InChI=1S/C22H31N5O3/c1-2-30-20-11-5-7-16(21(20)28)13-26-12-6-10-18(14-26)27-15-19(24-25-27)22(29)23-17-8-3-4-9-17/h5,7,11,15,17-18,28H,2-4,6,8-10,12-14H2,1H3,(H,23,29). The molecule has 8 nitrogen and oxygen atoms in total. The van der Waals surface area contributed by atoms with Gasteiger partial charge < -0.3 is 15.2 Å². The van der Waals surface area contributed by atoms with Crippen LogP contribution in [0.2, 0.25) is 0 Å². The van der Waals surface area contributed by atoms with Crippen LogP contribution < -0.4 is 10.1 Å². The highest BCUT2D eigenvalue weighted by Gasteiger charge is 2.25. The van der Waals surface area contributed by atoms with Gasteiger partial charge in [-0.25, -0.2) is 4.68 Å². The molecular weight excluding hydrogens is 382 g/mol. The molecule has 2 fully saturated rings. The number of carbonyl (C=O) groups is 1. The molecule has 0 bridgehead atoms. The van der Waals surface area contributed by atoms with Crippen LogP contribution in [-0.2, 0) is 6.54 Å². The number of nitrogens with one attached hydrogen (secondary N) is 1. The predicted molar refractivity (Wildman–Crippen MR) is 113 cm³/mol. The van der Waals surface area contributed by atoms with Crippen LogP contribution in [0.3, 0.4) is 0 Å². The van der Waals surface area contributed by atoms with Crippen LogP contribution in [0, 0.1) is 0 Å². The van der Waals surface area contributed by atoms with Crippen molar-refractivity contribution in [1.82, 2.24) is 25.2 Å². The Morgan fingerprint density at radius 2 is 2.10 bits per heavy atom. The van der Waals surface area contributed by atoms with Gasteiger partial charge >= 0.3 is 0 Å². The fourth-order valence-electron chi connectivity index (χ4n) is 4.49. The van der Waals surface area contributed by atoms with E-state index in [-0.39, 0.29) is 23.7 Å². The van der Waals surface area contributed by atoms with Crippen LogP contribution >= 0.6 is 0 Å². The molecule has 8 heteroatoms. The Morgan fingerprint density at radius 1 is 1.27 bits per heavy atom. The summed E-state index contributed by atoms with van der Waals surface area (Å²) in [6, 6.07) is 6.07. The first-order valence-electron chi connectivity index (χ1n) is 11.0. The summed E-state index contributed by atoms with van der Waals surface area (Å²) in [4.78, 5) is 14.8. The van der Waals surface area contributed by atoms with Crippen molar-refractivity contribution in [2.24, 2.45) is 0 Å². The Hall–Kier alpha value is -2.61. The van der Waals surface area contributed by atoms with E-state index >= 15 is 0 Å². The van der Waals surface area contributed by atoms with Crippen molar-refractivity contribution in [3.8, 4) is 11.5 Å². The molecule has 30 heavy (non-hydrogen) atoms. The number of amides is 1. The number of aromatic nitrogens is 3. The van der Waals surface area contributed by atoms with Crippen molar-refractivity contribution < 1.29 is 14.6 Å².